The summed E-state index contributed by atoms with van der Waals surface area (Å²) in [5, 5.41) is 2.58. The molecule has 0 spiro atoms. The van der Waals surface area contributed by atoms with Crippen molar-refractivity contribution in [3.63, 3.8) is 0 Å². The van der Waals surface area contributed by atoms with Crippen LogP contribution in [0.2, 0.25) is 0 Å². The second-order valence-corrected chi connectivity index (χ2v) is 6.78. The van der Waals surface area contributed by atoms with Gasteiger partial charge in [0.1, 0.15) is 11.6 Å². The third-order valence-electron chi connectivity index (χ3n) is 2.37. The van der Waals surface area contributed by atoms with E-state index in [4.69, 9.17) is 16.3 Å². The second kappa shape index (κ2) is 8.29. The molecule has 0 aliphatic rings. The maximum absolute atomic E-state index is 11.8. The number of rotatable bonds is 6. The highest BCUT2D eigenvalue weighted by Gasteiger charge is 2.23. The Bertz CT molecular complexity index is 474. The van der Waals surface area contributed by atoms with Crippen LogP contribution in [0, 0.1) is 0 Å². The van der Waals surface area contributed by atoms with Crippen LogP contribution in [0.3, 0.4) is 0 Å². The minimum Gasteiger partial charge on any atom is -0.444 e. The molecular weight excluding hydrogens is 310 g/mol. The standard InChI is InChI=1S/C15H20ClNO3S/c1-15(2,3)20-14(19)17-12(13(18)9-16)10-21-11-7-5-4-6-8-11/h4-8,12H,9-10H2,1-3H3,(H,17,19). The van der Waals surface area contributed by atoms with Gasteiger partial charge in [0.05, 0.1) is 5.88 Å². The lowest BCUT2D eigenvalue weighted by molar-refractivity contribution is -0.118. The molecular formula is C15H20ClNO3S. The summed E-state index contributed by atoms with van der Waals surface area (Å²) in [4.78, 5) is 24.6. The Kier molecular flexibility index (Phi) is 7.05. The van der Waals surface area contributed by atoms with Crippen LogP contribution in [0.4, 0.5) is 4.79 Å². The third kappa shape index (κ3) is 7.39. The van der Waals surface area contributed by atoms with Gasteiger partial charge in [-0.2, -0.15) is 0 Å². The van der Waals surface area contributed by atoms with Crippen LogP contribution in [0.25, 0.3) is 0 Å². The van der Waals surface area contributed by atoms with Crippen LogP contribution >= 0.6 is 23.4 Å². The molecule has 1 N–H and O–H groups in total. The summed E-state index contributed by atoms with van der Waals surface area (Å²) >= 11 is 7.08. The quantitative estimate of drug-likeness (QED) is 0.641. The monoisotopic (exact) mass is 329 g/mol. The van der Waals surface area contributed by atoms with E-state index >= 15 is 0 Å². The molecule has 1 unspecified atom stereocenters. The fraction of sp³-hybridized carbons (Fsp3) is 0.467. The summed E-state index contributed by atoms with van der Waals surface area (Å²) in [6.07, 6.45) is -0.611. The smallest absolute Gasteiger partial charge is 0.408 e. The highest BCUT2D eigenvalue weighted by atomic mass is 35.5. The first-order chi connectivity index (χ1) is 9.81. The number of hydrogen-bond acceptors (Lipinski definition) is 4. The largest absolute Gasteiger partial charge is 0.444 e. The summed E-state index contributed by atoms with van der Waals surface area (Å²) in [5.74, 6) is 0.0379. The Morgan fingerprint density at radius 1 is 1.29 bits per heavy atom. The van der Waals surface area contributed by atoms with E-state index in [9.17, 15) is 9.59 Å². The van der Waals surface area contributed by atoms with Crippen LogP contribution < -0.4 is 5.32 Å². The van der Waals surface area contributed by atoms with Crippen LogP contribution in [0.1, 0.15) is 20.8 Å². The fourth-order valence-corrected chi connectivity index (χ4v) is 2.62. The van der Waals surface area contributed by atoms with Crippen molar-refractivity contribution >= 4 is 35.2 Å². The van der Waals surface area contributed by atoms with Gasteiger partial charge in [0.25, 0.3) is 0 Å². The van der Waals surface area contributed by atoms with Gasteiger partial charge in [0.2, 0.25) is 0 Å². The molecule has 1 aromatic rings. The number of ether oxygens (including phenoxy) is 1. The van der Waals surface area contributed by atoms with Crippen molar-refractivity contribution in [3.8, 4) is 0 Å². The van der Waals surface area contributed by atoms with Gasteiger partial charge in [0.15, 0.2) is 5.78 Å². The number of hydrogen-bond donors (Lipinski definition) is 1. The zero-order chi connectivity index (χ0) is 15.9. The van der Waals surface area contributed by atoms with E-state index in [1.54, 1.807) is 20.8 Å². The zero-order valence-electron chi connectivity index (χ0n) is 12.4. The van der Waals surface area contributed by atoms with E-state index in [1.807, 2.05) is 30.3 Å². The molecule has 0 bridgehead atoms. The molecule has 1 atom stereocenters. The van der Waals surface area contributed by atoms with Gasteiger partial charge >= 0.3 is 6.09 Å². The Morgan fingerprint density at radius 2 is 1.90 bits per heavy atom. The first kappa shape index (κ1) is 17.9. The normalized spacial score (nSPS) is 12.6. The Morgan fingerprint density at radius 3 is 2.43 bits per heavy atom. The number of amides is 1. The lowest BCUT2D eigenvalue weighted by Gasteiger charge is -2.22. The molecule has 116 valence electrons. The van der Waals surface area contributed by atoms with Gasteiger partial charge in [0, 0.05) is 10.6 Å². The van der Waals surface area contributed by atoms with E-state index < -0.39 is 17.7 Å². The van der Waals surface area contributed by atoms with Crippen molar-refractivity contribution in [2.24, 2.45) is 0 Å². The molecule has 0 aliphatic heterocycles. The molecule has 0 fully saturated rings. The molecule has 0 aliphatic carbocycles. The Labute approximate surface area is 134 Å². The van der Waals surface area contributed by atoms with E-state index in [2.05, 4.69) is 5.32 Å². The number of alkyl halides is 1. The first-order valence-electron chi connectivity index (χ1n) is 6.58. The average Bonchev–Trinajstić information content (AvgIpc) is 2.41. The summed E-state index contributed by atoms with van der Waals surface area (Å²) in [6, 6.07) is 8.98. The summed E-state index contributed by atoms with van der Waals surface area (Å²) in [5.41, 5.74) is -0.606. The van der Waals surface area contributed by atoms with Gasteiger partial charge in [-0.25, -0.2) is 4.79 Å². The van der Waals surface area contributed by atoms with Crippen molar-refractivity contribution in [1.29, 1.82) is 0 Å². The minimum absolute atomic E-state index is 0.143. The number of carbonyl (C=O) groups excluding carboxylic acids is 2. The van der Waals surface area contributed by atoms with Crippen molar-refractivity contribution < 1.29 is 14.3 Å². The summed E-state index contributed by atoms with van der Waals surface area (Å²) < 4.78 is 5.16. The van der Waals surface area contributed by atoms with Gasteiger partial charge in [-0.05, 0) is 32.9 Å². The van der Waals surface area contributed by atoms with E-state index in [0.717, 1.165) is 4.90 Å². The number of Topliss-reactive ketones (excluding diaryl/α,β-unsaturated/α-hetero) is 1. The SMILES string of the molecule is CC(C)(C)OC(=O)NC(CSc1ccccc1)C(=O)CCl. The maximum atomic E-state index is 11.8. The van der Waals surface area contributed by atoms with Gasteiger partial charge < -0.3 is 10.1 Å². The average molecular weight is 330 g/mol. The van der Waals surface area contributed by atoms with Gasteiger partial charge in [-0.3, -0.25) is 4.79 Å². The van der Waals surface area contributed by atoms with E-state index in [-0.39, 0.29) is 11.7 Å². The predicted molar refractivity (Wildman–Crippen MR) is 86.1 cm³/mol. The summed E-state index contributed by atoms with van der Waals surface area (Å²) in [7, 11) is 0. The predicted octanol–water partition coefficient (Wildman–Crippen LogP) is 3.48. The molecule has 6 heteroatoms. The second-order valence-electron chi connectivity index (χ2n) is 5.42. The van der Waals surface area contributed by atoms with Crippen LogP contribution in [-0.4, -0.2) is 35.2 Å². The lowest BCUT2D eigenvalue weighted by atomic mass is 10.2. The van der Waals surface area contributed by atoms with Crippen molar-refractivity contribution in [2.45, 2.75) is 37.3 Å². The molecule has 0 radical (unpaired) electrons. The zero-order valence-corrected chi connectivity index (χ0v) is 14.0. The third-order valence-corrected chi connectivity index (χ3v) is 3.74. The molecule has 0 aromatic heterocycles. The summed E-state index contributed by atoms with van der Waals surface area (Å²) in [6.45, 7) is 5.30. The van der Waals surface area contributed by atoms with E-state index in [1.165, 1.54) is 11.8 Å². The Balaban J connectivity index is 2.60. The van der Waals surface area contributed by atoms with Crippen LogP contribution in [0.15, 0.2) is 35.2 Å². The fourth-order valence-electron chi connectivity index (χ4n) is 1.45. The number of ketones is 1. The number of thioether (sulfide) groups is 1. The van der Waals surface area contributed by atoms with Crippen molar-refractivity contribution in [1.82, 2.24) is 5.32 Å². The maximum Gasteiger partial charge on any atom is 0.408 e. The highest BCUT2D eigenvalue weighted by molar-refractivity contribution is 7.99. The highest BCUT2D eigenvalue weighted by Crippen LogP contribution is 2.18. The van der Waals surface area contributed by atoms with E-state index in [0.29, 0.717) is 5.75 Å². The van der Waals surface area contributed by atoms with Gasteiger partial charge in [-0.1, -0.05) is 18.2 Å². The number of carbonyl (C=O) groups is 2. The molecule has 1 rings (SSSR count). The molecule has 21 heavy (non-hydrogen) atoms. The van der Waals surface area contributed by atoms with Crippen molar-refractivity contribution in [2.75, 3.05) is 11.6 Å². The van der Waals surface area contributed by atoms with Crippen LogP contribution in [0.5, 0.6) is 0 Å². The van der Waals surface area contributed by atoms with Crippen LogP contribution in [-0.2, 0) is 9.53 Å². The number of alkyl carbamates (subject to hydrolysis) is 1. The number of halogens is 1. The molecule has 0 heterocycles. The number of benzene rings is 1. The molecule has 1 aromatic carbocycles. The molecule has 0 saturated carbocycles. The Hall–Kier alpha value is -1.20. The number of nitrogens with one attached hydrogen (secondary N) is 1. The van der Waals surface area contributed by atoms with Gasteiger partial charge in [-0.15, -0.1) is 23.4 Å². The molecule has 1 amide bonds. The molecule has 4 nitrogen and oxygen atoms in total. The lowest BCUT2D eigenvalue weighted by Crippen LogP contribution is -2.45. The minimum atomic E-state index is -0.664. The topological polar surface area (TPSA) is 55.4 Å². The first-order valence-corrected chi connectivity index (χ1v) is 8.10. The molecule has 0 saturated heterocycles. The van der Waals surface area contributed by atoms with Crippen molar-refractivity contribution in [3.05, 3.63) is 30.3 Å².